The molecule has 1 aromatic rings. The van der Waals surface area contributed by atoms with E-state index in [-0.39, 0.29) is 0 Å². The van der Waals surface area contributed by atoms with Gasteiger partial charge < -0.3 is 10.2 Å². The highest BCUT2D eigenvalue weighted by atomic mass is 32.1. The number of likely N-dealkylation sites (tertiary alicyclic amines) is 1. The molecule has 78 valence electrons. The third-order valence-electron chi connectivity index (χ3n) is 2.91. The molecular weight excluding hydrogens is 192 g/mol. The number of hydrogen-bond acceptors (Lipinski definition) is 3. The van der Waals surface area contributed by atoms with Crippen LogP contribution in [-0.4, -0.2) is 31.1 Å². The summed E-state index contributed by atoms with van der Waals surface area (Å²) in [6.07, 6.45) is 0. The first-order valence-corrected chi connectivity index (χ1v) is 6.08. The number of likely N-dealkylation sites (N-methyl/N-ethyl adjacent to an activating group) is 1. The van der Waals surface area contributed by atoms with E-state index in [0.717, 1.165) is 12.5 Å². The summed E-state index contributed by atoms with van der Waals surface area (Å²) in [4.78, 5) is 3.84. The van der Waals surface area contributed by atoms with Crippen LogP contribution in [0.5, 0.6) is 0 Å². The molecule has 0 spiro atoms. The number of rotatable bonds is 3. The molecule has 2 nitrogen and oxygen atoms in total. The van der Waals surface area contributed by atoms with Gasteiger partial charge in [0.05, 0.1) is 0 Å². The van der Waals surface area contributed by atoms with Gasteiger partial charge in [-0.3, -0.25) is 0 Å². The van der Waals surface area contributed by atoms with E-state index in [2.05, 4.69) is 41.7 Å². The van der Waals surface area contributed by atoms with Crippen molar-refractivity contribution >= 4 is 11.3 Å². The molecule has 0 saturated carbocycles. The van der Waals surface area contributed by atoms with Gasteiger partial charge in [-0.2, -0.15) is 0 Å². The summed E-state index contributed by atoms with van der Waals surface area (Å²) in [6, 6.07) is 4.98. The predicted molar refractivity (Wildman–Crippen MR) is 61.6 cm³/mol. The fourth-order valence-corrected chi connectivity index (χ4v) is 2.78. The number of thiophene rings is 1. The van der Waals surface area contributed by atoms with Crippen LogP contribution in [0.2, 0.25) is 0 Å². The van der Waals surface area contributed by atoms with E-state index in [4.69, 9.17) is 0 Å². The Morgan fingerprint density at radius 3 is 3.00 bits per heavy atom. The molecule has 1 saturated heterocycles. The first kappa shape index (κ1) is 10.1. The van der Waals surface area contributed by atoms with Crippen molar-refractivity contribution in [1.82, 2.24) is 10.2 Å². The zero-order valence-electron chi connectivity index (χ0n) is 8.86. The van der Waals surface area contributed by atoms with Crippen molar-refractivity contribution in [2.24, 2.45) is 5.92 Å². The zero-order valence-corrected chi connectivity index (χ0v) is 9.68. The van der Waals surface area contributed by atoms with Crippen LogP contribution in [0.25, 0.3) is 0 Å². The van der Waals surface area contributed by atoms with E-state index in [1.165, 1.54) is 18.0 Å². The third-order valence-corrected chi connectivity index (χ3v) is 3.79. The van der Waals surface area contributed by atoms with Crippen LogP contribution in [0.15, 0.2) is 17.5 Å². The summed E-state index contributed by atoms with van der Waals surface area (Å²) in [5.74, 6) is 0.778. The van der Waals surface area contributed by atoms with Crippen LogP contribution in [0.1, 0.15) is 11.8 Å². The van der Waals surface area contributed by atoms with Gasteiger partial charge in [0.2, 0.25) is 0 Å². The van der Waals surface area contributed by atoms with Gasteiger partial charge in [-0.25, -0.2) is 0 Å². The van der Waals surface area contributed by atoms with Gasteiger partial charge in [0.15, 0.2) is 0 Å². The molecule has 0 amide bonds. The Kier molecular flexibility index (Phi) is 3.21. The van der Waals surface area contributed by atoms with Crippen molar-refractivity contribution in [3.8, 4) is 0 Å². The lowest BCUT2D eigenvalue weighted by Crippen LogP contribution is -2.34. The molecule has 2 heterocycles. The molecule has 3 heteroatoms. The van der Waals surface area contributed by atoms with Crippen LogP contribution >= 0.6 is 11.3 Å². The summed E-state index contributed by atoms with van der Waals surface area (Å²) in [6.45, 7) is 5.77. The Labute approximate surface area is 89.9 Å². The standard InChI is InChI=1S/C11H18N2S/c1-9-7-13(2)8-11(9)12-6-10-4-3-5-14-10/h3-5,9,11-12H,6-8H2,1-2H3. The largest absolute Gasteiger partial charge is 0.308 e. The monoisotopic (exact) mass is 210 g/mol. The van der Waals surface area contributed by atoms with Crippen molar-refractivity contribution in [2.75, 3.05) is 20.1 Å². The fourth-order valence-electron chi connectivity index (χ4n) is 2.12. The molecule has 1 N–H and O–H groups in total. The Morgan fingerprint density at radius 2 is 2.43 bits per heavy atom. The van der Waals surface area contributed by atoms with Crippen molar-refractivity contribution in [3.63, 3.8) is 0 Å². The second-order valence-corrected chi connectivity index (χ2v) is 5.30. The molecule has 1 aliphatic heterocycles. The van der Waals surface area contributed by atoms with Crippen molar-refractivity contribution in [3.05, 3.63) is 22.4 Å². The Morgan fingerprint density at radius 1 is 1.57 bits per heavy atom. The Balaban J connectivity index is 1.81. The van der Waals surface area contributed by atoms with E-state index in [1.54, 1.807) is 0 Å². The normalized spacial score (nSPS) is 28.4. The molecule has 1 fully saturated rings. The minimum atomic E-state index is 0.669. The molecule has 2 atom stereocenters. The van der Waals surface area contributed by atoms with Gasteiger partial charge >= 0.3 is 0 Å². The van der Waals surface area contributed by atoms with Gasteiger partial charge in [0, 0.05) is 30.6 Å². The summed E-state index contributed by atoms with van der Waals surface area (Å²) in [5, 5.41) is 5.77. The number of nitrogens with zero attached hydrogens (tertiary/aromatic N) is 1. The van der Waals surface area contributed by atoms with Gasteiger partial charge in [-0.15, -0.1) is 11.3 Å². The maximum absolute atomic E-state index is 3.63. The minimum absolute atomic E-state index is 0.669. The van der Waals surface area contributed by atoms with E-state index >= 15 is 0 Å². The maximum Gasteiger partial charge on any atom is 0.0302 e. The maximum atomic E-state index is 3.63. The molecule has 0 aliphatic carbocycles. The molecule has 2 rings (SSSR count). The van der Waals surface area contributed by atoms with Gasteiger partial charge in [-0.1, -0.05) is 13.0 Å². The van der Waals surface area contributed by atoms with Crippen LogP contribution in [0.4, 0.5) is 0 Å². The quantitative estimate of drug-likeness (QED) is 0.818. The molecule has 14 heavy (non-hydrogen) atoms. The highest BCUT2D eigenvalue weighted by molar-refractivity contribution is 7.09. The summed E-state index contributed by atoms with van der Waals surface area (Å²) >= 11 is 1.83. The summed E-state index contributed by atoms with van der Waals surface area (Å²) in [5.41, 5.74) is 0. The van der Waals surface area contributed by atoms with Gasteiger partial charge in [-0.05, 0) is 24.4 Å². The molecule has 1 aliphatic rings. The van der Waals surface area contributed by atoms with Crippen LogP contribution in [0.3, 0.4) is 0 Å². The molecule has 0 aromatic carbocycles. The predicted octanol–water partition coefficient (Wildman–Crippen LogP) is 1.79. The van der Waals surface area contributed by atoms with E-state index in [0.29, 0.717) is 6.04 Å². The van der Waals surface area contributed by atoms with Crippen LogP contribution < -0.4 is 5.32 Å². The lowest BCUT2D eigenvalue weighted by Gasteiger charge is -2.15. The molecular formula is C11H18N2S. The first-order valence-electron chi connectivity index (χ1n) is 5.20. The topological polar surface area (TPSA) is 15.3 Å². The minimum Gasteiger partial charge on any atom is -0.308 e. The second kappa shape index (κ2) is 4.43. The molecule has 2 unspecified atom stereocenters. The Hall–Kier alpha value is -0.380. The summed E-state index contributed by atoms with van der Waals surface area (Å²) < 4.78 is 0. The fraction of sp³-hybridized carbons (Fsp3) is 0.636. The molecule has 0 bridgehead atoms. The average Bonchev–Trinajstić information content (AvgIpc) is 2.72. The lowest BCUT2D eigenvalue weighted by atomic mass is 10.1. The van der Waals surface area contributed by atoms with Gasteiger partial charge in [0.25, 0.3) is 0 Å². The van der Waals surface area contributed by atoms with Crippen molar-refractivity contribution in [1.29, 1.82) is 0 Å². The zero-order chi connectivity index (χ0) is 9.97. The van der Waals surface area contributed by atoms with Crippen molar-refractivity contribution in [2.45, 2.75) is 19.5 Å². The molecule has 0 radical (unpaired) electrons. The Bertz CT molecular complexity index is 271. The lowest BCUT2D eigenvalue weighted by molar-refractivity contribution is 0.396. The van der Waals surface area contributed by atoms with Gasteiger partial charge in [0.1, 0.15) is 0 Å². The SMILES string of the molecule is CC1CN(C)CC1NCc1cccs1. The van der Waals surface area contributed by atoms with Crippen LogP contribution in [-0.2, 0) is 6.54 Å². The van der Waals surface area contributed by atoms with E-state index in [1.807, 2.05) is 11.3 Å². The van der Waals surface area contributed by atoms with Crippen LogP contribution in [0, 0.1) is 5.92 Å². The van der Waals surface area contributed by atoms with E-state index < -0.39 is 0 Å². The highest BCUT2D eigenvalue weighted by Gasteiger charge is 2.26. The number of hydrogen-bond donors (Lipinski definition) is 1. The van der Waals surface area contributed by atoms with E-state index in [9.17, 15) is 0 Å². The second-order valence-electron chi connectivity index (χ2n) is 4.27. The summed E-state index contributed by atoms with van der Waals surface area (Å²) in [7, 11) is 2.20. The number of nitrogens with one attached hydrogen (secondary N) is 1. The highest BCUT2D eigenvalue weighted by Crippen LogP contribution is 2.16. The van der Waals surface area contributed by atoms with Crippen molar-refractivity contribution < 1.29 is 0 Å². The average molecular weight is 210 g/mol. The third kappa shape index (κ3) is 2.35. The molecule has 1 aromatic heterocycles. The first-order chi connectivity index (χ1) is 6.75. The smallest absolute Gasteiger partial charge is 0.0302 e.